The van der Waals surface area contributed by atoms with E-state index in [-0.39, 0.29) is 25.2 Å². The van der Waals surface area contributed by atoms with Gasteiger partial charge in [-0.1, -0.05) is 0 Å². The summed E-state index contributed by atoms with van der Waals surface area (Å²) < 4.78 is 19.2. The average Bonchev–Trinajstić information content (AvgIpc) is 2.53. The third-order valence-electron chi connectivity index (χ3n) is 2.80. The zero-order chi connectivity index (χ0) is 17.7. The number of Topliss-reactive ketones (excluding diaryl/α,β-unsaturated/α-hetero) is 1. The monoisotopic (exact) mass is 391 g/mol. The van der Waals surface area contributed by atoms with Gasteiger partial charge in [-0.05, 0) is 6.42 Å². The first-order valence-electron chi connectivity index (χ1n) is 7.20. The minimum absolute atomic E-state index is 0.0475. The molecule has 1 atom stereocenters. The van der Waals surface area contributed by atoms with Gasteiger partial charge in [0.15, 0.2) is 0 Å². The van der Waals surface area contributed by atoms with Crippen molar-refractivity contribution >= 4 is 42.6 Å². The summed E-state index contributed by atoms with van der Waals surface area (Å²) >= 11 is 11.2. The van der Waals surface area contributed by atoms with Crippen molar-refractivity contribution in [2.75, 3.05) is 44.5 Å². The van der Waals surface area contributed by atoms with Gasteiger partial charge in [0, 0.05) is 37.8 Å². The topological polar surface area (TPSA) is 122 Å². The van der Waals surface area contributed by atoms with Crippen LogP contribution in [-0.4, -0.2) is 66.1 Å². The molecular formula is C12H24Cl2N3O5P. The molecule has 1 aliphatic heterocycles. The minimum atomic E-state index is -2.84. The molecule has 0 bridgehead atoms. The highest BCUT2D eigenvalue weighted by molar-refractivity contribution is 7.54. The maximum Gasteiger partial charge on any atom is 0.343 e. The maximum atomic E-state index is 12.2. The number of carboxylic acid groups (broad SMARTS) is 1. The van der Waals surface area contributed by atoms with Gasteiger partial charge in [0.25, 0.3) is 0 Å². The summed E-state index contributed by atoms with van der Waals surface area (Å²) in [4.78, 5) is 20.2. The van der Waals surface area contributed by atoms with Crippen LogP contribution in [0.3, 0.4) is 0 Å². The molecule has 0 amide bonds. The summed E-state index contributed by atoms with van der Waals surface area (Å²) in [7, 11) is -2.84. The van der Waals surface area contributed by atoms with E-state index in [1.165, 1.54) is 0 Å². The van der Waals surface area contributed by atoms with Crippen LogP contribution in [0.15, 0.2) is 0 Å². The number of alkyl halides is 2. The summed E-state index contributed by atoms with van der Waals surface area (Å²) in [6, 6.07) is 0. The Morgan fingerprint density at radius 3 is 2.26 bits per heavy atom. The molecule has 0 spiro atoms. The number of aliphatic carboxylic acids is 1. The molecule has 0 aromatic rings. The number of rotatable bonds is 9. The second-order valence-corrected chi connectivity index (χ2v) is 7.52. The molecule has 1 aliphatic rings. The Morgan fingerprint density at radius 1 is 1.26 bits per heavy atom. The number of halogens is 2. The molecule has 8 nitrogen and oxygen atoms in total. The molecule has 1 saturated heterocycles. The first kappa shape index (κ1) is 22.8. The lowest BCUT2D eigenvalue weighted by atomic mass is 10.2. The summed E-state index contributed by atoms with van der Waals surface area (Å²) in [6.45, 7) is 2.24. The third kappa shape index (κ3) is 10.3. The second-order valence-electron chi connectivity index (χ2n) is 4.58. The van der Waals surface area contributed by atoms with Crippen LogP contribution in [0.2, 0.25) is 0 Å². The number of nitrogens with one attached hydrogen (secondary N) is 1. The second kappa shape index (κ2) is 13.1. The van der Waals surface area contributed by atoms with E-state index >= 15 is 0 Å². The first-order valence-corrected chi connectivity index (χ1v) is 9.85. The van der Waals surface area contributed by atoms with E-state index in [4.69, 9.17) is 38.6 Å². The van der Waals surface area contributed by atoms with Crippen molar-refractivity contribution in [2.24, 2.45) is 5.73 Å². The Labute approximate surface area is 146 Å². The Balaban J connectivity index is 0.000000468. The molecule has 11 heteroatoms. The quantitative estimate of drug-likeness (QED) is 0.396. The summed E-state index contributed by atoms with van der Waals surface area (Å²) in [5.41, 5.74) is 4.92. The molecule has 1 rings (SSSR count). The summed E-state index contributed by atoms with van der Waals surface area (Å²) in [6.07, 6.45) is 0.821. The Kier molecular flexibility index (Phi) is 13.0. The van der Waals surface area contributed by atoms with Crippen molar-refractivity contribution in [3.63, 3.8) is 0 Å². The first-order chi connectivity index (χ1) is 10.9. The number of carbonyl (C=O) groups is 2. The van der Waals surface area contributed by atoms with Gasteiger partial charge >= 0.3 is 13.6 Å². The number of nitrogens with zero attached hydrogens (tertiary/aromatic N) is 1. The zero-order valence-electron chi connectivity index (χ0n) is 12.9. The number of hydrogen-bond donors (Lipinski definition) is 3. The van der Waals surface area contributed by atoms with Crippen LogP contribution in [0.25, 0.3) is 0 Å². The van der Waals surface area contributed by atoms with Crippen molar-refractivity contribution in [3.8, 4) is 0 Å². The van der Waals surface area contributed by atoms with Gasteiger partial charge < -0.3 is 15.4 Å². The van der Waals surface area contributed by atoms with E-state index in [1.54, 1.807) is 4.67 Å². The van der Waals surface area contributed by atoms with Crippen molar-refractivity contribution in [3.05, 3.63) is 0 Å². The lowest BCUT2D eigenvalue weighted by Gasteiger charge is -2.33. The van der Waals surface area contributed by atoms with Crippen molar-refractivity contribution < 1.29 is 23.8 Å². The number of carboxylic acids is 1. The fourth-order valence-electron chi connectivity index (χ4n) is 1.63. The molecule has 23 heavy (non-hydrogen) atoms. The smallest absolute Gasteiger partial charge is 0.343 e. The number of carbonyl (C=O) groups excluding carboxylic acids is 1. The van der Waals surface area contributed by atoms with Crippen molar-refractivity contribution in [1.82, 2.24) is 9.76 Å². The van der Waals surface area contributed by atoms with Crippen LogP contribution >= 0.6 is 30.9 Å². The fourth-order valence-corrected chi connectivity index (χ4v) is 4.27. The molecule has 1 heterocycles. The van der Waals surface area contributed by atoms with E-state index in [1.807, 2.05) is 0 Å². The zero-order valence-corrected chi connectivity index (χ0v) is 15.3. The molecule has 4 N–H and O–H groups in total. The molecule has 0 aromatic carbocycles. The number of nitrogens with two attached hydrogens (primary N) is 1. The summed E-state index contributed by atoms with van der Waals surface area (Å²) in [5.74, 6) is -0.327. The van der Waals surface area contributed by atoms with E-state index < -0.39 is 13.6 Å². The van der Waals surface area contributed by atoms with E-state index in [0.29, 0.717) is 31.5 Å². The highest BCUT2D eigenvalue weighted by Crippen LogP contribution is 2.47. The largest absolute Gasteiger partial charge is 0.481 e. The number of ketones is 1. The normalized spacial score (nSPS) is 20.7. The maximum absolute atomic E-state index is 12.2. The van der Waals surface area contributed by atoms with Crippen LogP contribution in [0.5, 0.6) is 0 Å². The van der Waals surface area contributed by atoms with Crippen molar-refractivity contribution in [1.29, 1.82) is 0 Å². The van der Waals surface area contributed by atoms with Gasteiger partial charge in [-0.2, -0.15) is 0 Å². The molecular weight excluding hydrogens is 368 g/mol. The van der Waals surface area contributed by atoms with Crippen LogP contribution in [0.4, 0.5) is 0 Å². The van der Waals surface area contributed by atoms with Crippen LogP contribution in [0, 0.1) is 0 Å². The Hall–Kier alpha value is -0.210. The third-order valence-corrected chi connectivity index (χ3v) is 5.44. The van der Waals surface area contributed by atoms with Crippen LogP contribution in [0.1, 0.15) is 19.3 Å². The minimum Gasteiger partial charge on any atom is -0.481 e. The lowest BCUT2D eigenvalue weighted by molar-refractivity contribution is -0.138. The van der Waals surface area contributed by atoms with Gasteiger partial charge in [-0.15, -0.1) is 23.2 Å². The predicted molar refractivity (Wildman–Crippen MR) is 90.1 cm³/mol. The Morgan fingerprint density at radius 2 is 1.87 bits per heavy atom. The van der Waals surface area contributed by atoms with Gasteiger partial charge in [0.1, 0.15) is 5.78 Å². The highest BCUT2D eigenvalue weighted by Gasteiger charge is 2.32. The fraction of sp³-hybridized carbons (Fsp3) is 0.833. The van der Waals surface area contributed by atoms with Gasteiger partial charge in [-0.3, -0.25) is 14.2 Å². The van der Waals surface area contributed by atoms with E-state index in [2.05, 4.69) is 5.09 Å². The molecule has 1 fully saturated rings. The standard InChI is InChI=1S/C7H15Cl2N2O2P.C5H9NO3/c8-2-5-11(6-3-9)14(12)10-4-1-7-13-14;6-3-4(7)1-2-5(8)9/h1-7H2,(H,10,12);1-3,6H2,(H,8,9). The van der Waals surface area contributed by atoms with Gasteiger partial charge in [-0.25, -0.2) is 9.76 Å². The van der Waals surface area contributed by atoms with E-state index in [9.17, 15) is 14.2 Å². The predicted octanol–water partition coefficient (Wildman–Crippen LogP) is 1.26. The van der Waals surface area contributed by atoms with Crippen LogP contribution < -0.4 is 10.8 Å². The lowest BCUT2D eigenvalue weighted by Crippen LogP contribution is -2.35. The van der Waals surface area contributed by atoms with Gasteiger partial charge in [0.05, 0.1) is 19.6 Å². The SMILES string of the molecule is NCC(=O)CCC(=O)O.O=P1(N(CCCl)CCCl)NCCCO1. The van der Waals surface area contributed by atoms with Crippen LogP contribution in [-0.2, 0) is 18.7 Å². The molecule has 0 aromatic heterocycles. The summed E-state index contributed by atoms with van der Waals surface area (Å²) in [5, 5.41) is 11.0. The molecule has 0 saturated carbocycles. The van der Waals surface area contributed by atoms with Crippen molar-refractivity contribution in [2.45, 2.75) is 19.3 Å². The van der Waals surface area contributed by atoms with Gasteiger partial charge in [0.2, 0.25) is 0 Å². The Bertz CT molecular complexity index is 398. The molecule has 0 radical (unpaired) electrons. The highest BCUT2D eigenvalue weighted by atomic mass is 35.5. The number of hydrogen-bond acceptors (Lipinski definition) is 5. The molecule has 136 valence electrons. The van der Waals surface area contributed by atoms with E-state index in [0.717, 1.165) is 13.0 Å². The molecule has 1 unspecified atom stereocenters. The molecule has 0 aliphatic carbocycles. The average molecular weight is 392 g/mol.